The van der Waals surface area contributed by atoms with Crippen LogP contribution >= 0.6 is 0 Å². The molecule has 110 valence electrons. The van der Waals surface area contributed by atoms with Crippen molar-refractivity contribution in [1.29, 1.82) is 0 Å². The molecule has 0 radical (unpaired) electrons. The maximum Gasteiger partial charge on any atom is 0.126 e. The molecule has 2 rings (SSSR count). The second-order valence-electron chi connectivity index (χ2n) is 6.39. The molecular formula is C18H26O2. The van der Waals surface area contributed by atoms with E-state index in [9.17, 15) is 10.2 Å². The first-order chi connectivity index (χ1) is 9.62. The van der Waals surface area contributed by atoms with Crippen molar-refractivity contribution in [2.75, 3.05) is 0 Å². The van der Waals surface area contributed by atoms with E-state index in [1.807, 2.05) is 0 Å². The smallest absolute Gasteiger partial charge is 0.126 e. The zero-order chi connectivity index (χ0) is 14.3. The van der Waals surface area contributed by atoms with Crippen molar-refractivity contribution in [2.45, 2.75) is 88.3 Å². The molecule has 2 aliphatic rings. The lowest BCUT2D eigenvalue weighted by atomic mass is 9.94. The van der Waals surface area contributed by atoms with Gasteiger partial charge in [-0.25, -0.2) is 0 Å². The van der Waals surface area contributed by atoms with E-state index in [4.69, 9.17) is 0 Å². The van der Waals surface area contributed by atoms with Crippen LogP contribution in [0.5, 0.6) is 0 Å². The van der Waals surface area contributed by atoms with Gasteiger partial charge < -0.3 is 10.2 Å². The fraction of sp³-hybridized carbons (Fsp3) is 0.778. The van der Waals surface area contributed by atoms with E-state index >= 15 is 0 Å². The molecule has 0 bridgehead atoms. The molecule has 0 spiro atoms. The molecule has 0 aromatic carbocycles. The van der Waals surface area contributed by atoms with Crippen molar-refractivity contribution < 1.29 is 10.2 Å². The summed E-state index contributed by atoms with van der Waals surface area (Å²) >= 11 is 0. The van der Waals surface area contributed by atoms with E-state index in [0.717, 1.165) is 51.4 Å². The number of aliphatic hydroxyl groups is 2. The molecule has 0 aromatic rings. The summed E-state index contributed by atoms with van der Waals surface area (Å²) in [6.07, 6.45) is 12.0. The van der Waals surface area contributed by atoms with E-state index < -0.39 is 11.2 Å². The predicted octanol–water partition coefficient (Wildman–Crippen LogP) is 3.16. The van der Waals surface area contributed by atoms with Gasteiger partial charge in [-0.05, 0) is 63.2 Å². The highest BCUT2D eigenvalue weighted by molar-refractivity contribution is 5.33. The first-order valence-corrected chi connectivity index (χ1v) is 8.11. The Morgan fingerprint density at radius 3 is 1.10 bits per heavy atom. The molecule has 20 heavy (non-hydrogen) atoms. The molecule has 2 saturated carbocycles. The molecule has 0 aliphatic heterocycles. The highest BCUT2D eigenvalue weighted by Crippen LogP contribution is 2.27. The summed E-state index contributed by atoms with van der Waals surface area (Å²) < 4.78 is 0. The van der Waals surface area contributed by atoms with Gasteiger partial charge in [-0.1, -0.05) is 37.5 Å². The number of hydrogen-bond acceptors (Lipinski definition) is 2. The summed E-state index contributed by atoms with van der Waals surface area (Å²) in [5.74, 6) is 11.5. The van der Waals surface area contributed by atoms with Gasteiger partial charge in [0, 0.05) is 0 Å². The largest absolute Gasteiger partial charge is 0.378 e. The molecular weight excluding hydrogens is 248 g/mol. The SMILES string of the molecule is OC1(C#CC#CC2(O)CCCCCC2)CCCCCC1. The van der Waals surface area contributed by atoms with Crippen LogP contribution in [-0.2, 0) is 0 Å². The van der Waals surface area contributed by atoms with Crippen LogP contribution in [0, 0.1) is 23.7 Å². The van der Waals surface area contributed by atoms with E-state index in [-0.39, 0.29) is 0 Å². The van der Waals surface area contributed by atoms with E-state index in [0.29, 0.717) is 0 Å². The highest BCUT2D eigenvalue weighted by atomic mass is 16.3. The Morgan fingerprint density at radius 2 is 0.800 bits per heavy atom. The molecule has 2 fully saturated rings. The monoisotopic (exact) mass is 274 g/mol. The molecule has 2 nitrogen and oxygen atoms in total. The molecule has 2 aliphatic carbocycles. The molecule has 0 atom stereocenters. The quantitative estimate of drug-likeness (QED) is 0.526. The summed E-state index contributed by atoms with van der Waals surface area (Å²) in [4.78, 5) is 0. The first kappa shape index (κ1) is 15.4. The Labute approximate surface area is 123 Å². The van der Waals surface area contributed by atoms with Crippen LogP contribution in [0.1, 0.15) is 77.0 Å². The maximum atomic E-state index is 10.4. The summed E-state index contributed by atoms with van der Waals surface area (Å²) in [6, 6.07) is 0. The van der Waals surface area contributed by atoms with Crippen molar-refractivity contribution in [3.05, 3.63) is 0 Å². The van der Waals surface area contributed by atoms with Gasteiger partial charge in [-0.2, -0.15) is 0 Å². The summed E-state index contributed by atoms with van der Waals surface area (Å²) in [7, 11) is 0. The van der Waals surface area contributed by atoms with Crippen molar-refractivity contribution in [2.24, 2.45) is 0 Å². The zero-order valence-electron chi connectivity index (χ0n) is 12.4. The lowest BCUT2D eigenvalue weighted by molar-refractivity contribution is 0.0840. The third kappa shape index (κ3) is 4.86. The maximum absolute atomic E-state index is 10.4. The number of rotatable bonds is 0. The van der Waals surface area contributed by atoms with Crippen LogP contribution in [0.2, 0.25) is 0 Å². The van der Waals surface area contributed by atoms with Crippen LogP contribution in [0.3, 0.4) is 0 Å². The van der Waals surface area contributed by atoms with Gasteiger partial charge in [0.05, 0.1) is 0 Å². The minimum atomic E-state index is -0.850. The van der Waals surface area contributed by atoms with Gasteiger partial charge in [0.1, 0.15) is 11.2 Å². The second kappa shape index (κ2) is 7.16. The predicted molar refractivity (Wildman–Crippen MR) is 80.9 cm³/mol. The van der Waals surface area contributed by atoms with Crippen LogP contribution in [-0.4, -0.2) is 21.4 Å². The molecule has 0 aromatic heterocycles. The fourth-order valence-electron chi connectivity index (χ4n) is 3.17. The average molecular weight is 274 g/mol. The lowest BCUT2D eigenvalue weighted by Gasteiger charge is -2.19. The topological polar surface area (TPSA) is 40.5 Å². The lowest BCUT2D eigenvalue weighted by Crippen LogP contribution is -2.25. The second-order valence-corrected chi connectivity index (χ2v) is 6.39. The van der Waals surface area contributed by atoms with E-state index in [1.165, 1.54) is 25.7 Å². The normalized spacial score (nSPS) is 25.1. The van der Waals surface area contributed by atoms with Crippen LogP contribution in [0.25, 0.3) is 0 Å². The zero-order valence-corrected chi connectivity index (χ0v) is 12.4. The van der Waals surface area contributed by atoms with Crippen molar-refractivity contribution in [3.63, 3.8) is 0 Å². The van der Waals surface area contributed by atoms with E-state index in [1.54, 1.807) is 0 Å². The Hall–Kier alpha value is -0.960. The molecule has 0 heterocycles. The Balaban J connectivity index is 1.97. The Morgan fingerprint density at radius 1 is 0.500 bits per heavy atom. The van der Waals surface area contributed by atoms with Gasteiger partial charge in [-0.3, -0.25) is 0 Å². The Bertz CT molecular complexity index is 372. The highest BCUT2D eigenvalue weighted by Gasteiger charge is 2.26. The van der Waals surface area contributed by atoms with Crippen LogP contribution < -0.4 is 0 Å². The first-order valence-electron chi connectivity index (χ1n) is 8.11. The fourth-order valence-corrected chi connectivity index (χ4v) is 3.17. The molecule has 0 amide bonds. The third-order valence-electron chi connectivity index (χ3n) is 4.51. The molecule has 0 unspecified atom stereocenters. The minimum Gasteiger partial charge on any atom is -0.378 e. The minimum absolute atomic E-state index is 0.756. The summed E-state index contributed by atoms with van der Waals surface area (Å²) in [5, 5.41) is 20.8. The van der Waals surface area contributed by atoms with Crippen LogP contribution in [0.4, 0.5) is 0 Å². The van der Waals surface area contributed by atoms with Crippen molar-refractivity contribution >= 4 is 0 Å². The summed E-state index contributed by atoms with van der Waals surface area (Å²) in [6.45, 7) is 0. The van der Waals surface area contributed by atoms with Crippen molar-refractivity contribution in [3.8, 4) is 23.7 Å². The molecule has 2 heteroatoms. The van der Waals surface area contributed by atoms with Gasteiger partial charge in [-0.15, -0.1) is 0 Å². The number of hydrogen-bond donors (Lipinski definition) is 2. The van der Waals surface area contributed by atoms with Gasteiger partial charge in [0.15, 0.2) is 0 Å². The average Bonchev–Trinajstić information content (AvgIpc) is 2.77. The van der Waals surface area contributed by atoms with E-state index in [2.05, 4.69) is 23.7 Å². The van der Waals surface area contributed by atoms with Crippen LogP contribution in [0.15, 0.2) is 0 Å². The van der Waals surface area contributed by atoms with Gasteiger partial charge in [0.25, 0.3) is 0 Å². The summed E-state index contributed by atoms with van der Waals surface area (Å²) in [5.41, 5.74) is -1.70. The van der Waals surface area contributed by atoms with Gasteiger partial charge in [0.2, 0.25) is 0 Å². The third-order valence-corrected chi connectivity index (χ3v) is 4.51. The standard InChI is InChI=1S/C18H26O2/c19-17(11-5-1-2-6-12-17)15-9-10-16-18(20)13-7-3-4-8-14-18/h19-20H,1-8,11-14H2. The molecule has 0 saturated heterocycles. The Kier molecular flexibility index (Phi) is 5.53. The van der Waals surface area contributed by atoms with Crippen molar-refractivity contribution in [1.82, 2.24) is 0 Å². The van der Waals surface area contributed by atoms with Gasteiger partial charge >= 0.3 is 0 Å². The molecule has 2 N–H and O–H groups in total.